The molecule has 5 heterocycles. The van der Waals surface area contributed by atoms with Gasteiger partial charge >= 0.3 is 35.5 Å². The molecule has 310 valence electrons. The third-order valence-corrected chi connectivity index (χ3v) is 8.07. The van der Waals surface area contributed by atoms with Crippen molar-refractivity contribution >= 4 is 56.9 Å². The Hall–Kier alpha value is -6.26. The number of aromatic nitrogens is 8. The molecule has 22 heteroatoms. The summed E-state index contributed by atoms with van der Waals surface area (Å²) in [5.74, 6) is 0.462. The minimum absolute atomic E-state index is 0.184. The summed E-state index contributed by atoms with van der Waals surface area (Å²) in [5, 5.41) is 9.56. The number of hydrogen-bond donors (Lipinski definition) is 1. The van der Waals surface area contributed by atoms with Crippen molar-refractivity contribution in [3.63, 3.8) is 0 Å². The third-order valence-electron chi connectivity index (χ3n) is 8.07. The number of aryl methyl sites for hydroxylation is 4. The molecule has 0 fully saturated rings. The average molecular weight is 862 g/mol. The van der Waals surface area contributed by atoms with Gasteiger partial charge in [-0.25, -0.2) is 24.9 Å². The molecule has 0 unspecified atom stereocenters. The van der Waals surface area contributed by atoms with Gasteiger partial charge in [-0.15, -0.1) is 10.2 Å². The monoisotopic (exact) mass is 861 g/mol. The van der Waals surface area contributed by atoms with Crippen LogP contribution in [0.15, 0.2) is 73.3 Å². The van der Waals surface area contributed by atoms with E-state index < -0.39 is 46.6 Å². The summed E-state index contributed by atoms with van der Waals surface area (Å²) in [4.78, 5) is 31.4. The van der Waals surface area contributed by atoms with Crippen molar-refractivity contribution in [2.24, 2.45) is 5.73 Å². The number of fused-ring (bicyclic) bond motifs is 3. The van der Waals surface area contributed by atoms with Crippen molar-refractivity contribution in [3.05, 3.63) is 118 Å². The van der Waals surface area contributed by atoms with Crippen LogP contribution < -0.4 is 5.73 Å². The van der Waals surface area contributed by atoms with Crippen LogP contribution in [-0.4, -0.2) is 62.6 Å². The molecular formula is C37H33F6N9O5S2. The number of carbonyl (C=O) groups is 1. The number of benzene rings is 2. The van der Waals surface area contributed by atoms with Gasteiger partial charge in [-0.05, 0) is 80.3 Å². The van der Waals surface area contributed by atoms with Gasteiger partial charge in [0.05, 0.1) is 27.9 Å². The maximum atomic E-state index is 13.0. The fourth-order valence-corrected chi connectivity index (χ4v) is 5.31. The van der Waals surface area contributed by atoms with E-state index in [0.29, 0.717) is 53.6 Å². The number of nitrogens with two attached hydrogens (primary N) is 1. The predicted molar refractivity (Wildman–Crippen MR) is 205 cm³/mol. The molecule has 0 amide bonds. The van der Waals surface area contributed by atoms with Gasteiger partial charge in [0.1, 0.15) is 24.0 Å². The topological polar surface area (TPSA) is 206 Å². The van der Waals surface area contributed by atoms with Crippen molar-refractivity contribution in [2.45, 2.75) is 59.4 Å². The Morgan fingerprint density at radius 2 is 1.22 bits per heavy atom. The fraction of sp³-hybridized carbons (Fsp3) is 0.243. The van der Waals surface area contributed by atoms with Crippen LogP contribution in [0.1, 0.15) is 63.7 Å². The summed E-state index contributed by atoms with van der Waals surface area (Å²) in [6.45, 7) is 8.07. The van der Waals surface area contributed by atoms with E-state index in [0.717, 1.165) is 52.5 Å². The molecule has 0 radical (unpaired) electrons. The summed E-state index contributed by atoms with van der Waals surface area (Å²) >= 11 is -1.50. The first-order valence-corrected chi connectivity index (χ1v) is 18.3. The molecule has 59 heavy (non-hydrogen) atoms. The van der Waals surface area contributed by atoms with Gasteiger partial charge in [-0.1, -0.05) is 26.0 Å². The fourth-order valence-electron chi connectivity index (χ4n) is 5.31. The van der Waals surface area contributed by atoms with E-state index in [2.05, 4.69) is 35.1 Å². The van der Waals surface area contributed by atoms with Gasteiger partial charge in [0.2, 0.25) is 0 Å². The largest absolute Gasteiger partial charge is 0.416 e. The van der Waals surface area contributed by atoms with E-state index in [1.807, 2.05) is 39.8 Å². The van der Waals surface area contributed by atoms with Crippen molar-refractivity contribution in [1.82, 2.24) is 39.5 Å². The first-order valence-electron chi connectivity index (χ1n) is 16.9. The van der Waals surface area contributed by atoms with Crippen molar-refractivity contribution in [1.29, 1.82) is 0 Å². The van der Waals surface area contributed by atoms with Crippen LogP contribution in [0.3, 0.4) is 0 Å². The van der Waals surface area contributed by atoms with Gasteiger partial charge in [-0.2, -0.15) is 43.2 Å². The number of nitrogens with zero attached hydrogens (tertiary/aromatic N) is 8. The predicted octanol–water partition coefficient (Wildman–Crippen LogP) is 6.76. The maximum Gasteiger partial charge on any atom is 0.416 e. The summed E-state index contributed by atoms with van der Waals surface area (Å²) in [5.41, 5.74) is 9.88. The Balaban J connectivity index is 0.000000243. The van der Waals surface area contributed by atoms with Crippen LogP contribution in [0, 0.1) is 13.8 Å². The standard InChI is InChI=1S/C18H14F3N5.C13H10F3NO.C6H9N3.2O2S/c1-3-11-7-12-4-5-13(18(19,20)21)8-14(12)23-16(11)17-25-24-15-6-10(2)22-9-26(15)17;1-2-8-5-9-3-4-10(13(14,15)16)6-11(9)17-12(8)7-18;1-5-2-6(3-7)9-4-8-5;2*1-3-2/h4-9H,3H2,1-2H3;3-7H,2H2,1H3;2,4H,3,7H2,1H3;;. The van der Waals surface area contributed by atoms with Gasteiger partial charge < -0.3 is 5.73 Å². The smallest absolute Gasteiger partial charge is 0.325 e. The molecule has 7 aromatic rings. The highest BCUT2D eigenvalue weighted by Crippen LogP contribution is 2.33. The molecule has 5 aromatic heterocycles. The number of alkyl halides is 6. The van der Waals surface area contributed by atoms with Crippen LogP contribution in [0.4, 0.5) is 26.3 Å². The van der Waals surface area contributed by atoms with E-state index in [9.17, 15) is 31.1 Å². The number of pyridine rings is 2. The minimum atomic E-state index is -4.41. The SMILES string of the molecule is CCc1cc2ccc(C(F)(F)F)cc2nc1-c1nnc2cc(C)ncn12.CCc1cc2ccc(C(F)(F)F)cc2nc1C=O.Cc1cc(CN)ncn1.O=S=O.O=S=O. The molecule has 0 aliphatic carbocycles. The van der Waals surface area contributed by atoms with Crippen molar-refractivity contribution in [3.8, 4) is 11.5 Å². The van der Waals surface area contributed by atoms with E-state index in [-0.39, 0.29) is 16.7 Å². The van der Waals surface area contributed by atoms with Gasteiger partial charge in [0, 0.05) is 34.8 Å². The van der Waals surface area contributed by atoms with Gasteiger partial charge in [-0.3, -0.25) is 9.20 Å². The Bertz CT molecular complexity index is 2620. The van der Waals surface area contributed by atoms with Crippen molar-refractivity contribution in [2.75, 3.05) is 0 Å². The van der Waals surface area contributed by atoms with E-state index >= 15 is 0 Å². The normalized spacial score (nSPS) is 10.8. The zero-order valence-electron chi connectivity index (χ0n) is 31.4. The highest BCUT2D eigenvalue weighted by molar-refractivity contribution is 7.51. The number of hydrogen-bond acceptors (Lipinski definition) is 13. The Morgan fingerprint density at radius 1 is 0.695 bits per heavy atom. The average Bonchev–Trinajstić information content (AvgIpc) is 3.62. The zero-order chi connectivity index (χ0) is 43.9. The van der Waals surface area contributed by atoms with Crippen molar-refractivity contribution < 1.29 is 48.0 Å². The van der Waals surface area contributed by atoms with Gasteiger partial charge in [0.15, 0.2) is 17.8 Å². The summed E-state index contributed by atoms with van der Waals surface area (Å²) < 4.78 is 112. The second-order valence-electron chi connectivity index (χ2n) is 11.9. The number of aldehydes is 1. The lowest BCUT2D eigenvalue weighted by molar-refractivity contribution is -0.138. The van der Waals surface area contributed by atoms with Gasteiger partial charge in [0.25, 0.3) is 0 Å². The molecule has 0 spiro atoms. The number of halogens is 6. The van der Waals surface area contributed by atoms with Crippen LogP contribution in [0.25, 0.3) is 39.0 Å². The number of rotatable bonds is 5. The van der Waals surface area contributed by atoms with E-state index in [4.69, 9.17) is 22.6 Å². The molecule has 0 bridgehead atoms. The molecule has 0 saturated carbocycles. The highest BCUT2D eigenvalue weighted by atomic mass is 32.1. The Morgan fingerprint density at radius 3 is 1.69 bits per heavy atom. The molecule has 0 atom stereocenters. The molecule has 7 rings (SSSR count). The zero-order valence-corrected chi connectivity index (χ0v) is 33.0. The Labute approximate surface area is 338 Å². The summed E-state index contributed by atoms with van der Waals surface area (Å²) in [7, 11) is 0. The second-order valence-corrected chi connectivity index (χ2v) is 12.2. The van der Waals surface area contributed by atoms with E-state index in [1.54, 1.807) is 22.9 Å². The quantitative estimate of drug-likeness (QED) is 0.140. The van der Waals surface area contributed by atoms with Crippen LogP contribution >= 0.6 is 0 Å². The lowest BCUT2D eigenvalue weighted by Crippen LogP contribution is -2.05. The number of carbonyl (C=O) groups excluding carboxylic acids is 1. The molecular weight excluding hydrogens is 829 g/mol. The molecule has 2 N–H and O–H groups in total. The molecule has 0 saturated heterocycles. The highest BCUT2D eigenvalue weighted by Gasteiger charge is 2.31. The van der Waals surface area contributed by atoms with E-state index in [1.165, 1.54) is 18.5 Å². The first kappa shape index (κ1) is 47.1. The Kier molecular flexibility index (Phi) is 17.2. The second kappa shape index (κ2) is 21.5. The third kappa shape index (κ3) is 12.9. The molecule has 0 aliphatic rings. The molecule has 0 aliphatic heterocycles. The summed E-state index contributed by atoms with van der Waals surface area (Å²) in [6, 6.07) is 14.1. The summed E-state index contributed by atoms with van der Waals surface area (Å²) in [6.07, 6.45) is -3.86. The maximum absolute atomic E-state index is 13.0. The minimum Gasteiger partial charge on any atom is -0.325 e. The van der Waals surface area contributed by atoms with Crippen LogP contribution in [0.5, 0.6) is 0 Å². The lowest BCUT2D eigenvalue weighted by Gasteiger charge is -2.11. The first-order chi connectivity index (χ1) is 28.0. The lowest BCUT2D eigenvalue weighted by atomic mass is 10.0. The van der Waals surface area contributed by atoms with Crippen LogP contribution in [-0.2, 0) is 54.9 Å². The molecule has 14 nitrogen and oxygen atoms in total. The molecule has 2 aromatic carbocycles. The van der Waals surface area contributed by atoms with Crippen LogP contribution in [0.2, 0.25) is 0 Å².